The summed E-state index contributed by atoms with van der Waals surface area (Å²) in [5, 5.41) is 12.1. The first kappa shape index (κ1) is 12.7. The summed E-state index contributed by atoms with van der Waals surface area (Å²) in [4.78, 5) is 1.10. The Morgan fingerprint density at radius 1 is 1.41 bits per heavy atom. The lowest BCUT2D eigenvalue weighted by Gasteiger charge is -2.12. The molecule has 1 heterocycles. The molecule has 0 spiro atoms. The number of aliphatic hydroxyl groups excluding tert-OH is 1. The first-order valence-corrected chi connectivity index (χ1v) is 6.90. The van der Waals surface area contributed by atoms with Gasteiger partial charge in [-0.1, -0.05) is 6.07 Å². The van der Waals surface area contributed by atoms with Crippen molar-refractivity contribution in [3.05, 3.63) is 55.9 Å². The van der Waals surface area contributed by atoms with E-state index in [2.05, 4.69) is 15.9 Å². The number of benzene rings is 1. The minimum absolute atomic E-state index is 0.266. The third kappa shape index (κ3) is 3.15. The second-order valence-corrected chi connectivity index (χ2v) is 5.86. The van der Waals surface area contributed by atoms with E-state index in [-0.39, 0.29) is 5.82 Å². The molecule has 0 saturated carbocycles. The number of aliphatic hydroxyl groups is 1. The Kier molecular flexibility index (Phi) is 3.97. The van der Waals surface area contributed by atoms with Crippen LogP contribution in [0.3, 0.4) is 0 Å². The summed E-state index contributed by atoms with van der Waals surface area (Å²) < 4.78 is 14.0. The average molecular weight is 315 g/mol. The van der Waals surface area contributed by atoms with E-state index in [0.717, 1.165) is 20.5 Å². The quantitative estimate of drug-likeness (QED) is 0.898. The lowest BCUT2D eigenvalue weighted by atomic mass is 10.0. The van der Waals surface area contributed by atoms with Gasteiger partial charge in [-0.3, -0.25) is 0 Å². The molecule has 0 amide bonds. The molecule has 90 valence electrons. The van der Waals surface area contributed by atoms with Crippen molar-refractivity contribution in [1.29, 1.82) is 0 Å². The van der Waals surface area contributed by atoms with Crippen LogP contribution in [0.1, 0.15) is 22.1 Å². The molecule has 0 fully saturated rings. The molecule has 1 nitrogen and oxygen atoms in total. The van der Waals surface area contributed by atoms with Gasteiger partial charge in [0.25, 0.3) is 0 Å². The monoisotopic (exact) mass is 314 g/mol. The van der Waals surface area contributed by atoms with Gasteiger partial charge in [0.15, 0.2) is 0 Å². The Hall–Kier alpha value is -0.710. The topological polar surface area (TPSA) is 20.2 Å². The number of rotatable bonds is 3. The first-order chi connectivity index (χ1) is 8.06. The van der Waals surface area contributed by atoms with E-state index in [1.54, 1.807) is 17.4 Å². The van der Waals surface area contributed by atoms with E-state index in [0.29, 0.717) is 6.42 Å². The van der Waals surface area contributed by atoms with Crippen LogP contribution in [0.2, 0.25) is 0 Å². The van der Waals surface area contributed by atoms with E-state index >= 15 is 0 Å². The molecule has 1 unspecified atom stereocenters. The first-order valence-electron chi connectivity index (χ1n) is 5.23. The fourth-order valence-corrected chi connectivity index (χ4v) is 3.26. The normalized spacial score (nSPS) is 12.7. The van der Waals surface area contributed by atoms with Crippen LogP contribution in [0.4, 0.5) is 4.39 Å². The van der Waals surface area contributed by atoms with Gasteiger partial charge in [-0.25, -0.2) is 4.39 Å². The van der Waals surface area contributed by atoms with E-state index in [1.165, 1.54) is 12.1 Å². The van der Waals surface area contributed by atoms with Crippen LogP contribution in [0.15, 0.2) is 34.1 Å². The molecule has 1 N–H and O–H groups in total. The second-order valence-electron chi connectivity index (χ2n) is 3.95. The van der Waals surface area contributed by atoms with E-state index in [1.807, 2.05) is 18.4 Å². The molecule has 0 aliphatic rings. The summed E-state index contributed by atoms with van der Waals surface area (Å²) in [6.45, 7) is 1.81. The van der Waals surface area contributed by atoms with Gasteiger partial charge in [-0.15, -0.1) is 11.3 Å². The van der Waals surface area contributed by atoms with Crippen LogP contribution < -0.4 is 0 Å². The minimum Gasteiger partial charge on any atom is -0.388 e. The van der Waals surface area contributed by atoms with Gasteiger partial charge in [-0.05, 0) is 52.2 Å². The van der Waals surface area contributed by atoms with E-state index in [9.17, 15) is 9.50 Å². The molecule has 17 heavy (non-hydrogen) atoms. The zero-order valence-electron chi connectivity index (χ0n) is 9.28. The molecule has 2 aromatic rings. The maximum absolute atomic E-state index is 13.0. The number of hydrogen-bond donors (Lipinski definition) is 1. The summed E-state index contributed by atoms with van der Waals surface area (Å²) >= 11 is 4.98. The third-order valence-corrected chi connectivity index (χ3v) is 4.33. The molecule has 2 rings (SSSR count). The second kappa shape index (κ2) is 5.29. The Morgan fingerprint density at radius 3 is 2.76 bits per heavy atom. The van der Waals surface area contributed by atoms with Crippen molar-refractivity contribution < 1.29 is 9.50 Å². The fourth-order valence-electron chi connectivity index (χ4n) is 1.77. The van der Waals surface area contributed by atoms with Crippen molar-refractivity contribution in [1.82, 2.24) is 0 Å². The van der Waals surface area contributed by atoms with Gasteiger partial charge in [0.05, 0.1) is 6.10 Å². The predicted octanol–water partition coefficient (Wildman–Crippen LogP) is 4.23. The molecular weight excluding hydrogens is 303 g/mol. The smallest absolute Gasteiger partial charge is 0.123 e. The highest BCUT2D eigenvalue weighted by Crippen LogP contribution is 2.27. The molecule has 0 saturated heterocycles. The van der Waals surface area contributed by atoms with Crippen molar-refractivity contribution in [3.8, 4) is 0 Å². The van der Waals surface area contributed by atoms with Gasteiger partial charge in [0.2, 0.25) is 0 Å². The highest BCUT2D eigenvalue weighted by atomic mass is 79.9. The van der Waals surface area contributed by atoms with Crippen LogP contribution in [-0.2, 0) is 6.42 Å². The average Bonchev–Trinajstić information content (AvgIpc) is 2.63. The maximum Gasteiger partial charge on any atom is 0.123 e. The van der Waals surface area contributed by atoms with Gasteiger partial charge in [0.1, 0.15) is 5.82 Å². The number of aryl methyl sites for hydroxylation is 1. The van der Waals surface area contributed by atoms with Crippen LogP contribution in [0.5, 0.6) is 0 Å². The predicted molar refractivity (Wildman–Crippen MR) is 71.8 cm³/mol. The molecule has 0 bridgehead atoms. The molecule has 4 heteroatoms. The van der Waals surface area contributed by atoms with Crippen LogP contribution >= 0.6 is 27.3 Å². The molecule has 0 aliphatic heterocycles. The largest absolute Gasteiger partial charge is 0.388 e. The Morgan fingerprint density at radius 2 is 2.18 bits per heavy atom. The SMILES string of the molecule is Cc1cc(F)ccc1C(O)Cc1cc(Br)cs1. The van der Waals surface area contributed by atoms with Crippen molar-refractivity contribution >= 4 is 27.3 Å². The highest BCUT2D eigenvalue weighted by Gasteiger charge is 2.12. The van der Waals surface area contributed by atoms with E-state index < -0.39 is 6.10 Å². The van der Waals surface area contributed by atoms with Crippen LogP contribution in [0, 0.1) is 12.7 Å². The highest BCUT2D eigenvalue weighted by molar-refractivity contribution is 9.10. The summed E-state index contributed by atoms with van der Waals surface area (Å²) in [5.74, 6) is -0.266. The molecule has 1 atom stereocenters. The summed E-state index contributed by atoms with van der Waals surface area (Å²) in [6.07, 6.45) is -0.0240. The molecule has 1 aromatic carbocycles. The lowest BCUT2D eigenvalue weighted by Crippen LogP contribution is -2.03. The minimum atomic E-state index is -0.582. The Bertz CT molecular complexity index is 524. The van der Waals surface area contributed by atoms with Crippen LogP contribution in [-0.4, -0.2) is 5.11 Å². The van der Waals surface area contributed by atoms with Gasteiger partial charge >= 0.3 is 0 Å². The lowest BCUT2D eigenvalue weighted by molar-refractivity contribution is 0.178. The van der Waals surface area contributed by atoms with Gasteiger partial charge < -0.3 is 5.11 Å². The Labute approximate surface area is 112 Å². The molecule has 0 radical (unpaired) electrons. The molecule has 1 aromatic heterocycles. The fraction of sp³-hybridized carbons (Fsp3) is 0.231. The maximum atomic E-state index is 13.0. The number of hydrogen-bond acceptors (Lipinski definition) is 2. The third-order valence-electron chi connectivity index (χ3n) is 2.61. The summed E-state index contributed by atoms with van der Waals surface area (Å²) in [6, 6.07) is 6.48. The van der Waals surface area contributed by atoms with Crippen molar-refractivity contribution in [2.45, 2.75) is 19.4 Å². The van der Waals surface area contributed by atoms with Crippen molar-refractivity contribution in [2.24, 2.45) is 0 Å². The van der Waals surface area contributed by atoms with Crippen molar-refractivity contribution in [3.63, 3.8) is 0 Å². The molecule has 0 aliphatic carbocycles. The summed E-state index contributed by atoms with van der Waals surface area (Å²) in [5.41, 5.74) is 1.57. The van der Waals surface area contributed by atoms with Crippen LogP contribution in [0.25, 0.3) is 0 Å². The Balaban J connectivity index is 2.17. The summed E-state index contributed by atoms with van der Waals surface area (Å²) in [7, 11) is 0. The zero-order valence-corrected chi connectivity index (χ0v) is 11.7. The number of halogens is 2. The van der Waals surface area contributed by atoms with Gasteiger partial charge in [0, 0.05) is 21.2 Å². The number of thiophene rings is 1. The zero-order chi connectivity index (χ0) is 12.4. The van der Waals surface area contributed by atoms with E-state index in [4.69, 9.17) is 0 Å². The molecular formula is C13H12BrFOS. The van der Waals surface area contributed by atoms with Crippen molar-refractivity contribution in [2.75, 3.05) is 0 Å². The standard InChI is InChI=1S/C13H12BrFOS/c1-8-4-10(15)2-3-12(8)13(16)6-11-5-9(14)7-17-11/h2-5,7,13,16H,6H2,1H3. The van der Waals surface area contributed by atoms with Gasteiger partial charge in [-0.2, -0.15) is 0 Å².